The zero-order valence-electron chi connectivity index (χ0n) is 9.15. The van der Waals surface area contributed by atoms with Gasteiger partial charge in [0.1, 0.15) is 5.82 Å². The second kappa shape index (κ2) is 6.85. The van der Waals surface area contributed by atoms with Gasteiger partial charge in [-0.25, -0.2) is 9.18 Å². The van der Waals surface area contributed by atoms with Crippen molar-refractivity contribution >= 4 is 23.8 Å². The topological polar surface area (TPSA) is 47.9 Å². The highest BCUT2D eigenvalue weighted by Crippen LogP contribution is 2.15. The summed E-state index contributed by atoms with van der Waals surface area (Å²) >= 11 is 5.74. The molecule has 0 aliphatic heterocycles. The van der Waals surface area contributed by atoms with E-state index in [1.807, 2.05) is 0 Å². The Morgan fingerprint density at radius 2 is 2.35 bits per heavy atom. The van der Waals surface area contributed by atoms with Crippen molar-refractivity contribution in [2.75, 3.05) is 13.2 Å². The van der Waals surface area contributed by atoms with Crippen molar-refractivity contribution in [2.24, 2.45) is 5.16 Å². The highest BCUT2D eigenvalue weighted by molar-refractivity contribution is 6.33. The molecule has 0 saturated heterocycles. The van der Waals surface area contributed by atoms with Crippen molar-refractivity contribution in [3.63, 3.8) is 0 Å². The van der Waals surface area contributed by atoms with Crippen LogP contribution in [0.5, 0.6) is 0 Å². The van der Waals surface area contributed by atoms with Gasteiger partial charge in [-0.1, -0.05) is 16.8 Å². The predicted octanol–water partition coefficient (Wildman–Crippen LogP) is 2.39. The summed E-state index contributed by atoms with van der Waals surface area (Å²) in [6.45, 7) is 1.71. The highest BCUT2D eigenvalue weighted by atomic mass is 35.5. The fraction of sp³-hybridized carbons (Fsp3) is 0.273. The molecule has 17 heavy (non-hydrogen) atoms. The minimum Gasteiger partial charge on any atom is -0.463 e. The zero-order valence-corrected chi connectivity index (χ0v) is 9.91. The van der Waals surface area contributed by atoms with E-state index in [0.717, 1.165) is 6.07 Å². The first kappa shape index (κ1) is 13.4. The first-order valence-corrected chi connectivity index (χ1v) is 5.27. The monoisotopic (exact) mass is 259 g/mol. The normalized spacial score (nSPS) is 10.5. The molecule has 0 radical (unpaired) electrons. The molecule has 0 aliphatic rings. The van der Waals surface area contributed by atoms with Gasteiger partial charge in [0.2, 0.25) is 6.61 Å². The van der Waals surface area contributed by atoms with Crippen molar-refractivity contribution in [3.05, 3.63) is 34.6 Å². The lowest BCUT2D eigenvalue weighted by Gasteiger charge is -2.00. The Morgan fingerprint density at radius 1 is 1.59 bits per heavy atom. The van der Waals surface area contributed by atoms with E-state index in [1.165, 1.54) is 18.3 Å². The van der Waals surface area contributed by atoms with Crippen LogP contribution in [-0.2, 0) is 14.4 Å². The molecular weight excluding hydrogens is 249 g/mol. The van der Waals surface area contributed by atoms with E-state index in [1.54, 1.807) is 6.92 Å². The van der Waals surface area contributed by atoms with Gasteiger partial charge >= 0.3 is 5.97 Å². The Kier molecular flexibility index (Phi) is 5.42. The predicted molar refractivity (Wildman–Crippen MR) is 61.6 cm³/mol. The molecule has 0 N–H and O–H groups in total. The number of hydrogen-bond donors (Lipinski definition) is 0. The van der Waals surface area contributed by atoms with E-state index < -0.39 is 11.8 Å². The maximum Gasteiger partial charge on any atom is 0.347 e. The Hall–Kier alpha value is -1.62. The zero-order chi connectivity index (χ0) is 12.7. The van der Waals surface area contributed by atoms with Crippen LogP contribution in [0.3, 0.4) is 0 Å². The summed E-state index contributed by atoms with van der Waals surface area (Å²) < 4.78 is 17.3. The number of benzene rings is 1. The van der Waals surface area contributed by atoms with Crippen LogP contribution >= 0.6 is 11.6 Å². The first-order valence-electron chi connectivity index (χ1n) is 4.89. The van der Waals surface area contributed by atoms with E-state index in [4.69, 9.17) is 11.6 Å². The number of nitrogens with zero attached hydrogens (tertiary/aromatic N) is 1. The lowest BCUT2D eigenvalue weighted by atomic mass is 10.2. The molecule has 6 heteroatoms. The second-order valence-corrected chi connectivity index (χ2v) is 3.39. The van der Waals surface area contributed by atoms with Crippen molar-refractivity contribution in [3.8, 4) is 0 Å². The standard InChI is InChI=1S/C11H11ClFNO3/c1-2-16-11(15)7-17-14-6-8-3-4-9(13)5-10(8)12/h3-6H,2,7H2,1H3. The van der Waals surface area contributed by atoms with Gasteiger partial charge in [-0.3, -0.25) is 0 Å². The van der Waals surface area contributed by atoms with Gasteiger partial charge in [-0.05, 0) is 25.1 Å². The summed E-state index contributed by atoms with van der Waals surface area (Å²) in [5.41, 5.74) is 0.497. The average molecular weight is 260 g/mol. The smallest absolute Gasteiger partial charge is 0.347 e. The molecule has 0 heterocycles. The molecule has 0 aliphatic carbocycles. The summed E-state index contributed by atoms with van der Waals surface area (Å²) in [4.78, 5) is 15.5. The maximum atomic E-state index is 12.7. The molecule has 0 aromatic heterocycles. The quantitative estimate of drug-likeness (QED) is 0.463. The summed E-state index contributed by atoms with van der Waals surface area (Å²) in [6, 6.07) is 3.86. The van der Waals surface area contributed by atoms with Gasteiger partial charge in [0.25, 0.3) is 0 Å². The van der Waals surface area contributed by atoms with E-state index >= 15 is 0 Å². The molecule has 92 valence electrons. The Balaban J connectivity index is 2.45. The van der Waals surface area contributed by atoms with E-state index in [0.29, 0.717) is 5.56 Å². The fourth-order valence-corrected chi connectivity index (χ4v) is 1.21. The summed E-state index contributed by atoms with van der Waals surface area (Å²) in [5, 5.41) is 3.74. The average Bonchev–Trinajstić information content (AvgIpc) is 2.27. The van der Waals surface area contributed by atoms with Crippen LogP contribution in [0.15, 0.2) is 23.4 Å². The fourth-order valence-electron chi connectivity index (χ4n) is 0.993. The lowest BCUT2D eigenvalue weighted by Crippen LogP contribution is -2.10. The molecule has 0 fully saturated rings. The minimum atomic E-state index is -0.505. The molecule has 0 atom stereocenters. The van der Waals surface area contributed by atoms with Gasteiger partial charge in [0.15, 0.2) is 0 Å². The van der Waals surface area contributed by atoms with Crippen LogP contribution in [0.1, 0.15) is 12.5 Å². The summed E-state index contributed by atoms with van der Waals surface area (Å²) in [5.74, 6) is -0.936. The third-order valence-corrected chi connectivity index (χ3v) is 2.04. The summed E-state index contributed by atoms with van der Waals surface area (Å²) in [7, 11) is 0. The van der Waals surface area contributed by atoms with Gasteiger partial charge in [-0.2, -0.15) is 0 Å². The highest BCUT2D eigenvalue weighted by Gasteiger charge is 2.01. The maximum absolute atomic E-state index is 12.7. The number of esters is 1. The number of carbonyl (C=O) groups is 1. The van der Waals surface area contributed by atoms with Crippen molar-refractivity contribution in [1.29, 1.82) is 0 Å². The Morgan fingerprint density at radius 3 is 3.00 bits per heavy atom. The lowest BCUT2D eigenvalue weighted by molar-refractivity contribution is -0.148. The number of ether oxygens (including phenoxy) is 1. The second-order valence-electron chi connectivity index (χ2n) is 2.98. The largest absolute Gasteiger partial charge is 0.463 e. The van der Waals surface area contributed by atoms with Crippen molar-refractivity contribution in [2.45, 2.75) is 6.92 Å². The molecule has 0 spiro atoms. The number of rotatable bonds is 5. The molecule has 1 aromatic carbocycles. The SMILES string of the molecule is CCOC(=O)CON=Cc1ccc(F)cc1Cl. The van der Waals surface area contributed by atoms with Crippen LogP contribution in [0.4, 0.5) is 4.39 Å². The molecule has 4 nitrogen and oxygen atoms in total. The first-order chi connectivity index (χ1) is 8.13. The molecular formula is C11H11ClFNO3. The van der Waals surface area contributed by atoms with Gasteiger partial charge in [0.05, 0.1) is 17.8 Å². The third-order valence-electron chi connectivity index (χ3n) is 1.72. The molecule has 0 amide bonds. The van der Waals surface area contributed by atoms with Gasteiger partial charge in [-0.15, -0.1) is 0 Å². The molecule has 1 rings (SSSR count). The molecule has 0 saturated carbocycles. The number of halogens is 2. The van der Waals surface area contributed by atoms with Crippen molar-refractivity contribution < 1.29 is 18.8 Å². The van der Waals surface area contributed by atoms with Crippen molar-refractivity contribution in [1.82, 2.24) is 0 Å². The molecule has 0 bridgehead atoms. The van der Waals surface area contributed by atoms with Crippen LogP contribution < -0.4 is 0 Å². The third kappa shape index (κ3) is 4.82. The summed E-state index contributed by atoms with van der Waals surface area (Å²) in [6.07, 6.45) is 1.29. The Labute approximate surface area is 103 Å². The Bertz CT molecular complexity index is 423. The molecule has 1 aromatic rings. The van der Waals surface area contributed by atoms with Crippen LogP contribution in [-0.4, -0.2) is 25.4 Å². The van der Waals surface area contributed by atoms with Crippen LogP contribution in [0.2, 0.25) is 5.02 Å². The number of hydrogen-bond acceptors (Lipinski definition) is 4. The van der Waals surface area contributed by atoms with E-state index in [2.05, 4.69) is 14.7 Å². The van der Waals surface area contributed by atoms with Crippen LogP contribution in [0.25, 0.3) is 0 Å². The number of oxime groups is 1. The minimum absolute atomic E-state index is 0.216. The van der Waals surface area contributed by atoms with Gasteiger partial charge in [0, 0.05) is 5.56 Å². The van der Waals surface area contributed by atoms with Gasteiger partial charge < -0.3 is 9.57 Å². The molecule has 0 unspecified atom stereocenters. The van der Waals surface area contributed by atoms with E-state index in [-0.39, 0.29) is 18.2 Å². The number of carbonyl (C=O) groups excluding carboxylic acids is 1. The van der Waals surface area contributed by atoms with Crippen LogP contribution in [0, 0.1) is 5.82 Å². The van der Waals surface area contributed by atoms with E-state index in [9.17, 15) is 9.18 Å².